The molecule has 0 saturated carbocycles. The summed E-state index contributed by atoms with van der Waals surface area (Å²) in [5.41, 5.74) is 3.24. The highest BCUT2D eigenvalue weighted by Crippen LogP contribution is 2.34. The topological polar surface area (TPSA) is 147 Å². The van der Waals surface area contributed by atoms with Crippen LogP contribution in [0.25, 0.3) is 5.95 Å². The number of aromatic amines is 1. The van der Waals surface area contributed by atoms with E-state index < -0.39 is 11.5 Å². The summed E-state index contributed by atoms with van der Waals surface area (Å²) in [6.07, 6.45) is 1.34. The summed E-state index contributed by atoms with van der Waals surface area (Å²) in [4.78, 5) is 26.9. The first-order valence-corrected chi connectivity index (χ1v) is 9.17. The van der Waals surface area contributed by atoms with Gasteiger partial charge in [0.2, 0.25) is 0 Å². The first kappa shape index (κ1) is 21.0. The Bertz CT molecular complexity index is 1190. The lowest BCUT2D eigenvalue weighted by molar-refractivity contribution is 0.0947. The van der Waals surface area contributed by atoms with Crippen molar-refractivity contribution in [2.75, 3.05) is 6.61 Å². The number of ether oxygens (including phenoxy) is 1. The van der Waals surface area contributed by atoms with Crippen LogP contribution in [0.4, 0.5) is 0 Å². The lowest BCUT2D eigenvalue weighted by atomic mass is 10.2. The second kappa shape index (κ2) is 8.74. The van der Waals surface area contributed by atoms with Crippen molar-refractivity contribution in [1.29, 1.82) is 0 Å². The Kier molecular flexibility index (Phi) is 6.11. The number of nitrogens with one attached hydrogen (secondary N) is 2. The number of amides is 1. The number of aromatic hydroxyl groups is 1. The van der Waals surface area contributed by atoms with Crippen LogP contribution in [0.3, 0.4) is 0 Å². The molecular formula is C18H18ClN7O4. The van der Waals surface area contributed by atoms with E-state index in [-0.39, 0.29) is 33.9 Å². The summed E-state index contributed by atoms with van der Waals surface area (Å²) in [6.45, 7) is 5.31. The molecule has 0 spiro atoms. The van der Waals surface area contributed by atoms with Crippen molar-refractivity contribution >= 4 is 23.7 Å². The molecule has 0 aliphatic carbocycles. The molecule has 2 heterocycles. The number of hydrogen-bond acceptors (Lipinski definition) is 8. The molecule has 0 saturated heterocycles. The molecule has 11 nitrogen and oxygen atoms in total. The molecule has 2 aromatic heterocycles. The molecule has 1 amide bonds. The Morgan fingerprint density at radius 2 is 2.13 bits per heavy atom. The van der Waals surface area contributed by atoms with Gasteiger partial charge in [-0.2, -0.15) is 14.9 Å². The summed E-state index contributed by atoms with van der Waals surface area (Å²) in [5, 5.41) is 25.6. The Labute approximate surface area is 175 Å². The molecule has 3 aromatic rings. The zero-order valence-electron chi connectivity index (χ0n) is 16.3. The number of carbonyl (C=O) groups excluding carboxylic acids is 1. The number of benzene rings is 1. The smallest absolute Gasteiger partial charge is 0.290 e. The Balaban J connectivity index is 1.82. The maximum Gasteiger partial charge on any atom is 0.290 e. The molecular weight excluding hydrogens is 414 g/mol. The van der Waals surface area contributed by atoms with E-state index >= 15 is 0 Å². The molecule has 1 aromatic carbocycles. The molecule has 0 aliphatic rings. The van der Waals surface area contributed by atoms with Crippen molar-refractivity contribution in [2.24, 2.45) is 5.10 Å². The fourth-order valence-electron chi connectivity index (χ4n) is 2.46. The monoisotopic (exact) mass is 431 g/mol. The van der Waals surface area contributed by atoms with Gasteiger partial charge in [-0.3, -0.25) is 14.6 Å². The zero-order valence-corrected chi connectivity index (χ0v) is 17.1. The summed E-state index contributed by atoms with van der Waals surface area (Å²) >= 11 is 5.97. The van der Waals surface area contributed by atoms with Gasteiger partial charge in [0.25, 0.3) is 17.4 Å². The predicted molar refractivity (Wildman–Crippen MR) is 109 cm³/mol. The minimum atomic E-state index is -0.593. The van der Waals surface area contributed by atoms with Crippen LogP contribution in [0.2, 0.25) is 5.02 Å². The number of halogens is 1. The summed E-state index contributed by atoms with van der Waals surface area (Å²) < 4.78 is 6.47. The second-order valence-corrected chi connectivity index (χ2v) is 6.53. The van der Waals surface area contributed by atoms with Crippen LogP contribution in [0.5, 0.6) is 11.5 Å². The van der Waals surface area contributed by atoms with E-state index in [9.17, 15) is 14.7 Å². The molecule has 0 unspecified atom stereocenters. The van der Waals surface area contributed by atoms with Gasteiger partial charge in [-0.1, -0.05) is 11.6 Å². The van der Waals surface area contributed by atoms with Gasteiger partial charge in [0.05, 0.1) is 23.5 Å². The van der Waals surface area contributed by atoms with Crippen molar-refractivity contribution in [3.8, 4) is 17.4 Å². The van der Waals surface area contributed by atoms with Gasteiger partial charge in [0.15, 0.2) is 11.5 Å². The fourth-order valence-corrected chi connectivity index (χ4v) is 2.68. The zero-order chi connectivity index (χ0) is 21.8. The highest BCUT2D eigenvalue weighted by molar-refractivity contribution is 6.32. The van der Waals surface area contributed by atoms with Crippen LogP contribution in [-0.4, -0.2) is 48.8 Å². The van der Waals surface area contributed by atoms with E-state index in [1.165, 1.54) is 36.0 Å². The average molecular weight is 432 g/mol. The average Bonchev–Trinajstić information content (AvgIpc) is 3.09. The third-order valence-electron chi connectivity index (χ3n) is 3.84. The number of phenolic OH excluding ortho intramolecular Hbond substituents is 1. The SMILES string of the molecule is CCOc1cc(/C=N\NC(=O)c2cc(C)nn2-c2nnc(C)c(=O)[nH]2)cc(Cl)c1O. The van der Waals surface area contributed by atoms with E-state index in [1.807, 2.05) is 0 Å². The van der Waals surface area contributed by atoms with Crippen LogP contribution in [0.15, 0.2) is 28.1 Å². The quantitative estimate of drug-likeness (QED) is 0.395. The van der Waals surface area contributed by atoms with E-state index in [2.05, 4.69) is 30.8 Å². The number of hydrazone groups is 1. The fraction of sp³-hybridized carbons (Fsp3) is 0.222. The number of rotatable bonds is 6. The number of hydrogen-bond donors (Lipinski definition) is 3. The van der Waals surface area contributed by atoms with Crippen LogP contribution in [0.1, 0.15) is 34.4 Å². The van der Waals surface area contributed by atoms with Crippen LogP contribution in [-0.2, 0) is 0 Å². The summed E-state index contributed by atoms with van der Waals surface area (Å²) in [5.74, 6) is -0.565. The Morgan fingerprint density at radius 1 is 1.37 bits per heavy atom. The van der Waals surface area contributed by atoms with E-state index in [0.29, 0.717) is 17.9 Å². The molecule has 12 heteroatoms. The van der Waals surface area contributed by atoms with Crippen molar-refractivity contribution in [3.05, 3.63) is 56.2 Å². The number of carbonyl (C=O) groups is 1. The minimum absolute atomic E-state index is 0.000461. The lowest BCUT2D eigenvalue weighted by Gasteiger charge is -2.08. The van der Waals surface area contributed by atoms with Crippen LogP contribution in [0, 0.1) is 13.8 Å². The number of phenols is 1. The number of aryl methyl sites for hydroxylation is 2. The number of aromatic nitrogens is 5. The van der Waals surface area contributed by atoms with Gasteiger partial charge < -0.3 is 9.84 Å². The Hall–Kier alpha value is -3.73. The highest BCUT2D eigenvalue weighted by atomic mass is 35.5. The van der Waals surface area contributed by atoms with Crippen molar-refractivity contribution in [3.63, 3.8) is 0 Å². The second-order valence-electron chi connectivity index (χ2n) is 6.13. The largest absolute Gasteiger partial charge is 0.503 e. The summed E-state index contributed by atoms with van der Waals surface area (Å²) in [7, 11) is 0. The van der Waals surface area contributed by atoms with Gasteiger partial charge >= 0.3 is 0 Å². The molecule has 0 atom stereocenters. The van der Waals surface area contributed by atoms with Gasteiger partial charge in [0.1, 0.15) is 11.4 Å². The van der Waals surface area contributed by atoms with Gasteiger partial charge in [0, 0.05) is 0 Å². The Morgan fingerprint density at radius 3 is 2.83 bits per heavy atom. The van der Waals surface area contributed by atoms with Crippen molar-refractivity contribution in [1.82, 2.24) is 30.4 Å². The van der Waals surface area contributed by atoms with E-state index in [1.54, 1.807) is 13.8 Å². The highest BCUT2D eigenvalue weighted by Gasteiger charge is 2.17. The van der Waals surface area contributed by atoms with Gasteiger partial charge in [-0.25, -0.2) is 5.43 Å². The number of nitrogens with zero attached hydrogens (tertiary/aromatic N) is 5. The van der Waals surface area contributed by atoms with Crippen LogP contribution < -0.4 is 15.7 Å². The molecule has 0 bridgehead atoms. The molecule has 156 valence electrons. The van der Waals surface area contributed by atoms with Gasteiger partial charge in [-0.15, -0.1) is 10.2 Å². The van der Waals surface area contributed by atoms with E-state index in [0.717, 1.165) is 0 Å². The predicted octanol–water partition coefficient (Wildman–Crippen LogP) is 1.49. The maximum absolute atomic E-state index is 12.6. The molecule has 0 fully saturated rings. The first-order valence-electron chi connectivity index (χ1n) is 8.79. The molecule has 0 aliphatic heterocycles. The van der Waals surface area contributed by atoms with Crippen LogP contribution >= 0.6 is 11.6 Å². The standard InChI is InChI=1S/C18H18ClN7O4/c1-4-30-14-7-11(6-12(19)15(14)27)8-20-23-17(29)13-5-9(2)25-26(13)18-21-16(28)10(3)22-24-18/h5-8,27H,4H2,1-3H3,(H,23,29)(H,21,24,28)/b20-8-. The lowest BCUT2D eigenvalue weighted by Crippen LogP contribution is -2.24. The third kappa shape index (κ3) is 4.46. The first-order chi connectivity index (χ1) is 14.3. The normalized spacial score (nSPS) is 11.1. The maximum atomic E-state index is 12.6. The third-order valence-corrected chi connectivity index (χ3v) is 4.13. The summed E-state index contributed by atoms with van der Waals surface area (Å²) in [6, 6.07) is 4.51. The number of H-pyrrole nitrogens is 1. The molecule has 0 radical (unpaired) electrons. The van der Waals surface area contributed by atoms with Gasteiger partial charge in [-0.05, 0) is 44.5 Å². The molecule has 30 heavy (non-hydrogen) atoms. The molecule has 3 rings (SSSR count). The van der Waals surface area contributed by atoms with Crippen molar-refractivity contribution < 1.29 is 14.6 Å². The molecule has 3 N–H and O–H groups in total. The van der Waals surface area contributed by atoms with Crippen molar-refractivity contribution in [2.45, 2.75) is 20.8 Å². The van der Waals surface area contributed by atoms with E-state index in [4.69, 9.17) is 16.3 Å². The minimum Gasteiger partial charge on any atom is -0.503 e.